The van der Waals surface area contributed by atoms with Crippen molar-refractivity contribution < 1.29 is 30.9 Å². The van der Waals surface area contributed by atoms with E-state index >= 15 is 0 Å². The summed E-state index contributed by atoms with van der Waals surface area (Å²) in [5.41, 5.74) is 4.39. The van der Waals surface area contributed by atoms with Crippen LogP contribution >= 0.6 is 0 Å². The number of nitrogens with zero attached hydrogens (tertiary/aromatic N) is 1. The minimum atomic E-state index is -5.96. The summed E-state index contributed by atoms with van der Waals surface area (Å²) in [6.07, 6.45) is 10.5. The van der Waals surface area contributed by atoms with E-state index in [4.69, 9.17) is 4.98 Å². The Bertz CT molecular complexity index is 2390. The summed E-state index contributed by atoms with van der Waals surface area (Å²) in [6.45, 7) is 0. The first-order chi connectivity index (χ1) is 24.6. The van der Waals surface area contributed by atoms with Gasteiger partial charge in [0.1, 0.15) is 11.5 Å². The van der Waals surface area contributed by atoms with Crippen molar-refractivity contribution in [2.45, 2.75) is 18.3 Å². The first-order valence-corrected chi connectivity index (χ1v) is 17.5. The molecule has 5 aromatic carbocycles. The molecule has 0 radical (unpaired) electrons. The lowest BCUT2D eigenvalue weighted by atomic mass is 9.89. The molecule has 7 rings (SSSR count). The van der Waals surface area contributed by atoms with E-state index in [0.717, 1.165) is 58.5 Å². The second-order valence-corrected chi connectivity index (χ2v) is 13.6. The number of aromatic hydroxyl groups is 1. The quantitative estimate of drug-likeness (QED) is 0.126. The van der Waals surface area contributed by atoms with Crippen LogP contribution in [0.4, 0.5) is 13.2 Å². The summed E-state index contributed by atoms with van der Waals surface area (Å²) in [5.74, 6) is -1.14. The minimum absolute atomic E-state index is 0.245. The Morgan fingerprint density at radius 1 is 0.608 bits per heavy atom. The summed E-state index contributed by atoms with van der Waals surface area (Å²) in [4.78, 5) is 4.78. The highest BCUT2D eigenvalue weighted by molar-refractivity contribution is 7.88. The van der Waals surface area contributed by atoms with Crippen LogP contribution in [0, 0.1) is 0 Å². The fourth-order valence-corrected chi connectivity index (χ4v) is 6.58. The lowest BCUT2D eigenvalue weighted by Crippen LogP contribution is -2.28. The van der Waals surface area contributed by atoms with E-state index in [2.05, 4.69) is 58.8 Å². The molecule has 1 aliphatic carbocycles. The van der Waals surface area contributed by atoms with Gasteiger partial charge in [0.15, 0.2) is 0 Å². The van der Waals surface area contributed by atoms with Gasteiger partial charge in [0, 0.05) is 23.4 Å². The third-order valence-corrected chi connectivity index (χ3v) is 9.60. The molecule has 0 unspecified atom stereocenters. The maximum absolute atomic E-state index is 13.1. The molecule has 1 heterocycles. The lowest BCUT2D eigenvalue weighted by Gasteiger charge is -2.17. The molecule has 5 nitrogen and oxygen atoms in total. The number of pyridine rings is 1. The topological polar surface area (TPSA) is 76.5 Å². The highest BCUT2D eigenvalue weighted by Crippen LogP contribution is 2.42. The standard InChI is InChI=1S/C42H30F3NO4S/c43-42(44,45)51(48,49)50-36-24-34(23-35(47)25-36)37-13-7-8-14-38(37)40-27-46-41(33-11-5-2-6-12-33)26-39(40)32-21-19-31(20-22-32)30-17-15-29(16-18-30)28-9-3-1-4-10-28/h2-3,5-27,47H,1,4H2. The third kappa shape index (κ3) is 7.20. The van der Waals surface area contributed by atoms with E-state index < -0.39 is 27.1 Å². The normalized spacial score (nSPS) is 13.1. The molecule has 0 amide bonds. The van der Waals surface area contributed by atoms with E-state index in [0.29, 0.717) is 16.7 Å². The molecule has 1 N–H and O–H groups in total. The number of hydrogen-bond acceptors (Lipinski definition) is 5. The lowest BCUT2D eigenvalue weighted by molar-refractivity contribution is -0.0500. The molecular weight excluding hydrogens is 672 g/mol. The van der Waals surface area contributed by atoms with Gasteiger partial charge in [-0.15, -0.1) is 0 Å². The average Bonchev–Trinajstić information content (AvgIpc) is 3.14. The van der Waals surface area contributed by atoms with Crippen LogP contribution < -0.4 is 4.18 Å². The zero-order valence-corrected chi connectivity index (χ0v) is 27.8. The number of alkyl halides is 3. The summed E-state index contributed by atoms with van der Waals surface area (Å²) in [7, 11) is -5.96. The number of halogens is 3. The van der Waals surface area contributed by atoms with Crippen molar-refractivity contribution in [3.05, 3.63) is 157 Å². The van der Waals surface area contributed by atoms with Gasteiger partial charge in [0.2, 0.25) is 0 Å². The average molecular weight is 702 g/mol. The molecule has 0 aliphatic heterocycles. The fraction of sp³-hybridized carbons (Fsp3) is 0.0714. The molecular formula is C42H30F3NO4S. The molecule has 0 saturated carbocycles. The van der Waals surface area contributed by atoms with E-state index in [1.807, 2.05) is 60.7 Å². The third-order valence-electron chi connectivity index (χ3n) is 8.62. The van der Waals surface area contributed by atoms with Crippen LogP contribution in [-0.2, 0) is 10.1 Å². The van der Waals surface area contributed by atoms with Gasteiger partial charge >= 0.3 is 15.6 Å². The van der Waals surface area contributed by atoms with Crippen molar-refractivity contribution in [1.82, 2.24) is 4.98 Å². The minimum Gasteiger partial charge on any atom is -0.508 e. The predicted molar refractivity (Wildman–Crippen MR) is 195 cm³/mol. The summed E-state index contributed by atoms with van der Waals surface area (Å²) in [5, 5.41) is 10.4. The van der Waals surface area contributed by atoms with Crippen molar-refractivity contribution in [3.63, 3.8) is 0 Å². The predicted octanol–water partition coefficient (Wildman–Crippen LogP) is 11.1. The molecule has 6 aromatic rings. The Morgan fingerprint density at radius 2 is 1.24 bits per heavy atom. The first-order valence-electron chi connectivity index (χ1n) is 16.1. The number of allylic oxidation sites excluding steroid dienone is 4. The van der Waals surface area contributed by atoms with Gasteiger partial charge in [-0.05, 0) is 81.1 Å². The van der Waals surface area contributed by atoms with Crippen LogP contribution in [0.1, 0.15) is 18.4 Å². The Labute approximate surface area is 293 Å². The van der Waals surface area contributed by atoms with Crippen LogP contribution in [0.25, 0.3) is 61.3 Å². The maximum atomic E-state index is 13.1. The van der Waals surface area contributed by atoms with Gasteiger partial charge in [-0.25, -0.2) is 0 Å². The van der Waals surface area contributed by atoms with Gasteiger partial charge in [-0.1, -0.05) is 121 Å². The van der Waals surface area contributed by atoms with E-state index in [1.54, 1.807) is 18.3 Å². The molecule has 254 valence electrons. The highest BCUT2D eigenvalue weighted by Gasteiger charge is 2.48. The monoisotopic (exact) mass is 701 g/mol. The zero-order valence-electron chi connectivity index (χ0n) is 27.0. The van der Waals surface area contributed by atoms with E-state index in [1.165, 1.54) is 17.2 Å². The largest absolute Gasteiger partial charge is 0.534 e. The zero-order chi connectivity index (χ0) is 35.6. The van der Waals surface area contributed by atoms with Crippen molar-refractivity contribution >= 4 is 15.7 Å². The summed E-state index contributed by atoms with van der Waals surface area (Å²) >= 11 is 0. The summed E-state index contributed by atoms with van der Waals surface area (Å²) < 4.78 is 67.2. The van der Waals surface area contributed by atoms with E-state index in [9.17, 15) is 26.7 Å². The van der Waals surface area contributed by atoms with Gasteiger partial charge in [-0.2, -0.15) is 21.6 Å². The van der Waals surface area contributed by atoms with Crippen molar-refractivity contribution in [1.29, 1.82) is 0 Å². The Balaban J connectivity index is 1.30. The number of phenols is 1. The number of aromatic nitrogens is 1. The molecule has 0 atom stereocenters. The van der Waals surface area contributed by atoms with Gasteiger partial charge in [-0.3, -0.25) is 4.98 Å². The number of phenolic OH excluding ortho intramolecular Hbond substituents is 1. The molecule has 0 bridgehead atoms. The van der Waals surface area contributed by atoms with E-state index in [-0.39, 0.29) is 5.56 Å². The molecule has 0 saturated heterocycles. The Morgan fingerprint density at radius 3 is 1.88 bits per heavy atom. The maximum Gasteiger partial charge on any atom is 0.534 e. The Kier molecular flexibility index (Phi) is 9.06. The van der Waals surface area contributed by atoms with Crippen LogP contribution in [0.3, 0.4) is 0 Å². The van der Waals surface area contributed by atoms with Gasteiger partial charge in [0.05, 0.1) is 5.69 Å². The van der Waals surface area contributed by atoms with Gasteiger partial charge in [0.25, 0.3) is 0 Å². The first kappa shape index (κ1) is 33.6. The number of hydrogen-bond donors (Lipinski definition) is 1. The second kappa shape index (κ2) is 13.8. The molecule has 1 aromatic heterocycles. The molecule has 0 spiro atoms. The number of rotatable bonds is 8. The SMILES string of the molecule is O=S(=O)(Oc1cc(O)cc(-c2ccccc2-c2cnc(-c3ccccc3)cc2-c2ccc(-c3ccc(C4=CCCC=C4)cc3)cc2)c1)C(F)(F)F. The van der Waals surface area contributed by atoms with Crippen LogP contribution in [0.5, 0.6) is 11.5 Å². The molecule has 51 heavy (non-hydrogen) atoms. The van der Waals surface area contributed by atoms with Crippen LogP contribution in [0.2, 0.25) is 0 Å². The summed E-state index contributed by atoms with van der Waals surface area (Å²) in [6, 6.07) is 38.8. The van der Waals surface area contributed by atoms with Crippen LogP contribution in [-0.4, -0.2) is 24.0 Å². The Hall–Kier alpha value is -5.93. The van der Waals surface area contributed by atoms with Crippen molar-refractivity contribution in [3.8, 4) is 67.3 Å². The molecule has 9 heteroatoms. The van der Waals surface area contributed by atoms with Crippen molar-refractivity contribution in [2.24, 2.45) is 0 Å². The fourth-order valence-electron chi connectivity index (χ4n) is 6.13. The smallest absolute Gasteiger partial charge is 0.508 e. The molecule has 0 fully saturated rings. The van der Waals surface area contributed by atoms with Gasteiger partial charge < -0.3 is 9.29 Å². The number of benzene rings is 5. The molecule has 1 aliphatic rings. The second-order valence-electron chi connectivity index (χ2n) is 12.0. The van der Waals surface area contributed by atoms with Crippen molar-refractivity contribution in [2.75, 3.05) is 0 Å². The van der Waals surface area contributed by atoms with Crippen LogP contribution in [0.15, 0.2) is 152 Å². The highest BCUT2D eigenvalue weighted by atomic mass is 32.2.